The molecule has 0 aliphatic rings. The molecule has 0 aliphatic carbocycles. The first-order valence-corrected chi connectivity index (χ1v) is 7.45. The van der Waals surface area contributed by atoms with E-state index in [2.05, 4.69) is 24.1 Å². The molecule has 106 valence electrons. The van der Waals surface area contributed by atoms with Crippen molar-refractivity contribution in [3.05, 3.63) is 63.4 Å². The number of hydrogen-bond donors (Lipinski definition) is 1. The van der Waals surface area contributed by atoms with Crippen molar-refractivity contribution in [2.24, 2.45) is 0 Å². The fourth-order valence-corrected chi connectivity index (χ4v) is 2.71. The standard InChI is InChI=1S/C16H18Cl2N2/c1-3-16(14-5-4-13(17)8-15(14)18)20-10-12-9-19-7-6-11(12)2/h4-9,16,20H,3,10H2,1-2H3. The molecular formula is C16H18Cl2N2. The van der Waals surface area contributed by atoms with E-state index in [9.17, 15) is 0 Å². The van der Waals surface area contributed by atoms with Crippen LogP contribution in [-0.2, 0) is 6.54 Å². The first kappa shape index (κ1) is 15.3. The van der Waals surface area contributed by atoms with Gasteiger partial charge in [0.1, 0.15) is 0 Å². The lowest BCUT2D eigenvalue weighted by Gasteiger charge is -2.19. The Bertz CT molecular complexity index is 584. The molecule has 0 spiro atoms. The molecule has 0 bridgehead atoms. The molecule has 1 atom stereocenters. The van der Waals surface area contributed by atoms with Gasteiger partial charge in [-0.25, -0.2) is 0 Å². The molecule has 0 saturated heterocycles. The zero-order valence-electron chi connectivity index (χ0n) is 11.7. The van der Waals surface area contributed by atoms with Crippen LogP contribution in [0.5, 0.6) is 0 Å². The number of nitrogens with one attached hydrogen (secondary N) is 1. The van der Waals surface area contributed by atoms with E-state index in [0.29, 0.717) is 10.0 Å². The van der Waals surface area contributed by atoms with E-state index < -0.39 is 0 Å². The van der Waals surface area contributed by atoms with Crippen molar-refractivity contribution in [2.45, 2.75) is 32.9 Å². The van der Waals surface area contributed by atoms with E-state index in [4.69, 9.17) is 23.2 Å². The van der Waals surface area contributed by atoms with Crippen molar-refractivity contribution < 1.29 is 0 Å². The highest BCUT2D eigenvalue weighted by Gasteiger charge is 2.13. The Morgan fingerprint density at radius 1 is 1.25 bits per heavy atom. The van der Waals surface area contributed by atoms with E-state index in [-0.39, 0.29) is 6.04 Å². The quantitative estimate of drug-likeness (QED) is 0.846. The highest BCUT2D eigenvalue weighted by Crippen LogP contribution is 2.28. The van der Waals surface area contributed by atoms with Gasteiger partial charge in [0, 0.05) is 35.0 Å². The highest BCUT2D eigenvalue weighted by molar-refractivity contribution is 6.35. The smallest absolute Gasteiger partial charge is 0.0468 e. The van der Waals surface area contributed by atoms with Crippen LogP contribution in [0.2, 0.25) is 10.0 Å². The molecule has 0 amide bonds. The van der Waals surface area contributed by atoms with Crippen LogP contribution in [0.1, 0.15) is 36.1 Å². The summed E-state index contributed by atoms with van der Waals surface area (Å²) in [5.41, 5.74) is 3.53. The molecule has 20 heavy (non-hydrogen) atoms. The van der Waals surface area contributed by atoms with E-state index in [1.54, 1.807) is 6.07 Å². The Labute approximate surface area is 130 Å². The van der Waals surface area contributed by atoms with Gasteiger partial charge in [-0.2, -0.15) is 0 Å². The third kappa shape index (κ3) is 3.72. The topological polar surface area (TPSA) is 24.9 Å². The monoisotopic (exact) mass is 308 g/mol. The fourth-order valence-electron chi connectivity index (χ4n) is 2.17. The second kappa shape index (κ2) is 7.07. The average molecular weight is 309 g/mol. The number of halogens is 2. The van der Waals surface area contributed by atoms with Crippen molar-refractivity contribution >= 4 is 23.2 Å². The van der Waals surface area contributed by atoms with Crippen LogP contribution in [0, 0.1) is 6.92 Å². The summed E-state index contributed by atoms with van der Waals surface area (Å²) in [7, 11) is 0. The van der Waals surface area contributed by atoms with Gasteiger partial charge in [-0.1, -0.05) is 36.2 Å². The Hall–Kier alpha value is -1.09. The summed E-state index contributed by atoms with van der Waals surface area (Å²) in [6, 6.07) is 7.88. The molecular weight excluding hydrogens is 291 g/mol. The SMILES string of the molecule is CCC(NCc1cnccc1C)c1ccc(Cl)cc1Cl. The van der Waals surface area contributed by atoms with Crippen molar-refractivity contribution in [1.82, 2.24) is 10.3 Å². The van der Waals surface area contributed by atoms with E-state index in [1.165, 1.54) is 11.1 Å². The van der Waals surface area contributed by atoms with Crippen LogP contribution in [0.4, 0.5) is 0 Å². The third-order valence-electron chi connectivity index (χ3n) is 3.43. The maximum atomic E-state index is 6.28. The van der Waals surface area contributed by atoms with Gasteiger partial charge in [0.25, 0.3) is 0 Å². The molecule has 1 aromatic heterocycles. The minimum atomic E-state index is 0.208. The molecule has 1 heterocycles. The van der Waals surface area contributed by atoms with Crippen molar-refractivity contribution in [3.63, 3.8) is 0 Å². The fraction of sp³-hybridized carbons (Fsp3) is 0.312. The third-order valence-corrected chi connectivity index (χ3v) is 3.99. The zero-order valence-corrected chi connectivity index (χ0v) is 13.2. The number of hydrogen-bond acceptors (Lipinski definition) is 2. The van der Waals surface area contributed by atoms with Gasteiger partial charge in [0.05, 0.1) is 0 Å². The zero-order chi connectivity index (χ0) is 14.5. The summed E-state index contributed by atoms with van der Waals surface area (Å²) >= 11 is 12.2. The largest absolute Gasteiger partial charge is 0.306 e. The van der Waals surface area contributed by atoms with Gasteiger partial charge in [0.2, 0.25) is 0 Å². The van der Waals surface area contributed by atoms with Crippen molar-refractivity contribution in [3.8, 4) is 0 Å². The minimum Gasteiger partial charge on any atom is -0.306 e. The summed E-state index contributed by atoms with van der Waals surface area (Å²) in [6.07, 6.45) is 4.67. The van der Waals surface area contributed by atoms with Crippen LogP contribution in [0.3, 0.4) is 0 Å². The highest BCUT2D eigenvalue weighted by atomic mass is 35.5. The van der Waals surface area contributed by atoms with E-state index in [0.717, 1.165) is 18.5 Å². The molecule has 4 heteroatoms. The second-order valence-corrected chi connectivity index (χ2v) is 5.65. The lowest BCUT2D eigenvalue weighted by atomic mass is 10.0. The van der Waals surface area contributed by atoms with Crippen LogP contribution >= 0.6 is 23.2 Å². The van der Waals surface area contributed by atoms with Crippen molar-refractivity contribution in [1.29, 1.82) is 0 Å². The average Bonchev–Trinajstić information content (AvgIpc) is 2.43. The summed E-state index contributed by atoms with van der Waals surface area (Å²) in [5.74, 6) is 0. The lowest BCUT2D eigenvalue weighted by molar-refractivity contribution is 0.518. The summed E-state index contributed by atoms with van der Waals surface area (Å²) in [4.78, 5) is 4.17. The number of rotatable bonds is 5. The summed E-state index contributed by atoms with van der Waals surface area (Å²) < 4.78 is 0. The van der Waals surface area contributed by atoms with Crippen LogP contribution in [0.25, 0.3) is 0 Å². The second-order valence-electron chi connectivity index (χ2n) is 4.81. The van der Waals surface area contributed by atoms with Crippen LogP contribution < -0.4 is 5.32 Å². The maximum absolute atomic E-state index is 6.28. The summed E-state index contributed by atoms with van der Waals surface area (Å²) in [5, 5.41) is 4.91. The Kier molecular flexibility index (Phi) is 5.41. The molecule has 2 aromatic rings. The molecule has 2 rings (SSSR count). The number of nitrogens with zero attached hydrogens (tertiary/aromatic N) is 1. The van der Waals surface area contributed by atoms with Crippen LogP contribution in [-0.4, -0.2) is 4.98 Å². The maximum Gasteiger partial charge on any atom is 0.0468 e. The normalized spacial score (nSPS) is 12.4. The molecule has 1 N–H and O–H groups in total. The Morgan fingerprint density at radius 2 is 2.05 bits per heavy atom. The molecule has 1 unspecified atom stereocenters. The number of benzene rings is 1. The minimum absolute atomic E-state index is 0.208. The molecule has 0 saturated carbocycles. The molecule has 1 aromatic carbocycles. The molecule has 0 radical (unpaired) electrons. The number of pyridine rings is 1. The van der Waals surface area contributed by atoms with Gasteiger partial charge in [-0.05, 0) is 48.2 Å². The van der Waals surface area contributed by atoms with E-state index >= 15 is 0 Å². The predicted molar refractivity (Wildman–Crippen MR) is 85.3 cm³/mol. The molecule has 0 fully saturated rings. The first-order chi connectivity index (χ1) is 9.61. The van der Waals surface area contributed by atoms with Gasteiger partial charge in [-0.3, -0.25) is 4.98 Å². The predicted octanol–water partition coefficient (Wildman–Crippen LogP) is 4.94. The Morgan fingerprint density at radius 3 is 2.70 bits per heavy atom. The van der Waals surface area contributed by atoms with Gasteiger partial charge < -0.3 is 5.32 Å². The molecule has 0 aliphatic heterocycles. The van der Waals surface area contributed by atoms with Gasteiger partial charge in [-0.15, -0.1) is 0 Å². The van der Waals surface area contributed by atoms with E-state index in [1.807, 2.05) is 30.6 Å². The summed E-state index contributed by atoms with van der Waals surface area (Å²) in [6.45, 7) is 5.00. The van der Waals surface area contributed by atoms with Gasteiger partial charge >= 0.3 is 0 Å². The Balaban J connectivity index is 2.11. The van der Waals surface area contributed by atoms with Gasteiger partial charge in [0.15, 0.2) is 0 Å². The number of aryl methyl sites for hydroxylation is 1. The molecule has 2 nitrogen and oxygen atoms in total. The van der Waals surface area contributed by atoms with Crippen molar-refractivity contribution in [2.75, 3.05) is 0 Å². The first-order valence-electron chi connectivity index (χ1n) is 6.69. The number of aromatic nitrogens is 1. The van der Waals surface area contributed by atoms with Crippen LogP contribution in [0.15, 0.2) is 36.7 Å². The lowest BCUT2D eigenvalue weighted by Crippen LogP contribution is -2.21.